The van der Waals surface area contributed by atoms with Crippen molar-refractivity contribution < 1.29 is 9.47 Å². The molecule has 0 spiro atoms. The van der Waals surface area contributed by atoms with Crippen LogP contribution >= 0.6 is 11.6 Å². The van der Waals surface area contributed by atoms with E-state index in [1.165, 1.54) is 0 Å². The number of halogens is 1. The number of methoxy groups -OCH3 is 1. The van der Waals surface area contributed by atoms with Crippen LogP contribution in [-0.4, -0.2) is 20.3 Å². The van der Waals surface area contributed by atoms with Gasteiger partial charge < -0.3 is 14.8 Å². The number of para-hydroxylation sites is 1. The summed E-state index contributed by atoms with van der Waals surface area (Å²) in [5.74, 6) is 0.877. The zero-order chi connectivity index (χ0) is 15.1. The van der Waals surface area contributed by atoms with Gasteiger partial charge in [-0.1, -0.05) is 35.9 Å². The van der Waals surface area contributed by atoms with E-state index in [0.29, 0.717) is 19.8 Å². The van der Waals surface area contributed by atoms with E-state index in [4.69, 9.17) is 21.1 Å². The first-order valence-electron chi connectivity index (χ1n) is 6.90. The average Bonchev–Trinajstić information content (AvgIpc) is 2.49. The van der Waals surface area contributed by atoms with Gasteiger partial charge in [0, 0.05) is 29.9 Å². The van der Waals surface area contributed by atoms with Gasteiger partial charge in [-0.05, 0) is 30.7 Å². The van der Waals surface area contributed by atoms with Crippen LogP contribution in [0.5, 0.6) is 5.75 Å². The molecule has 4 heteroatoms. The van der Waals surface area contributed by atoms with Crippen molar-refractivity contribution in [1.82, 2.24) is 0 Å². The summed E-state index contributed by atoms with van der Waals surface area (Å²) < 4.78 is 10.7. The largest absolute Gasteiger partial charge is 0.491 e. The van der Waals surface area contributed by atoms with Crippen molar-refractivity contribution in [2.45, 2.75) is 13.5 Å². The predicted octanol–water partition coefficient (Wildman–Crippen LogP) is 4.29. The normalized spacial score (nSPS) is 10.4. The molecule has 0 aliphatic heterocycles. The van der Waals surface area contributed by atoms with Gasteiger partial charge in [-0.3, -0.25) is 0 Å². The fourth-order valence-corrected chi connectivity index (χ4v) is 2.17. The van der Waals surface area contributed by atoms with Gasteiger partial charge in [0.25, 0.3) is 0 Å². The Morgan fingerprint density at radius 2 is 1.90 bits per heavy atom. The number of benzene rings is 2. The maximum absolute atomic E-state index is 6.04. The summed E-state index contributed by atoms with van der Waals surface area (Å²) in [7, 11) is 1.67. The molecule has 0 aliphatic rings. The molecule has 0 unspecified atom stereocenters. The molecule has 0 heterocycles. The molecule has 1 N–H and O–H groups in total. The van der Waals surface area contributed by atoms with Crippen LogP contribution in [0.1, 0.15) is 11.1 Å². The van der Waals surface area contributed by atoms with E-state index in [2.05, 4.69) is 18.3 Å². The maximum Gasteiger partial charge on any atom is 0.124 e. The third kappa shape index (κ3) is 4.66. The number of aryl methyl sites for hydroxylation is 1. The highest BCUT2D eigenvalue weighted by molar-refractivity contribution is 6.30. The van der Waals surface area contributed by atoms with Crippen LogP contribution in [-0.2, 0) is 11.3 Å². The molecule has 0 bridgehead atoms. The van der Waals surface area contributed by atoms with Crippen molar-refractivity contribution in [1.29, 1.82) is 0 Å². The molecule has 2 aromatic carbocycles. The van der Waals surface area contributed by atoms with Gasteiger partial charge in [0.1, 0.15) is 12.4 Å². The molecule has 3 nitrogen and oxygen atoms in total. The SMILES string of the molecule is COCCOc1ccccc1CNc1cc(Cl)ccc1C. The molecule has 21 heavy (non-hydrogen) atoms. The second-order valence-electron chi connectivity index (χ2n) is 4.76. The standard InChI is InChI=1S/C17H20ClNO2/c1-13-7-8-15(18)11-16(13)19-12-14-5-3-4-6-17(14)21-10-9-20-2/h3-8,11,19H,9-10,12H2,1-2H3. The summed E-state index contributed by atoms with van der Waals surface area (Å²) in [5, 5.41) is 4.13. The highest BCUT2D eigenvalue weighted by atomic mass is 35.5. The van der Waals surface area contributed by atoms with Gasteiger partial charge in [0.05, 0.1) is 6.61 Å². The summed E-state index contributed by atoms with van der Waals surface area (Å²) in [6, 6.07) is 13.8. The quantitative estimate of drug-likeness (QED) is 0.774. The summed E-state index contributed by atoms with van der Waals surface area (Å²) in [6.45, 7) is 3.86. The number of nitrogens with one attached hydrogen (secondary N) is 1. The molecule has 0 aromatic heterocycles. The monoisotopic (exact) mass is 305 g/mol. The summed E-state index contributed by atoms with van der Waals surface area (Å²) in [6.07, 6.45) is 0. The van der Waals surface area contributed by atoms with Crippen molar-refractivity contribution in [3.8, 4) is 5.75 Å². The van der Waals surface area contributed by atoms with E-state index in [-0.39, 0.29) is 0 Å². The van der Waals surface area contributed by atoms with E-state index < -0.39 is 0 Å². The fraction of sp³-hybridized carbons (Fsp3) is 0.294. The minimum atomic E-state index is 0.545. The van der Waals surface area contributed by atoms with E-state index in [1.54, 1.807) is 7.11 Å². The minimum Gasteiger partial charge on any atom is -0.491 e. The van der Waals surface area contributed by atoms with Crippen LogP contribution in [0.4, 0.5) is 5.69 Å². The third-order valence-corrected chi connectivity index (χ3v) is 3.42. The number of rotatable bonds is 7. The van der Waals surface area contributed by atoms with Gasteiger partial charge >= 0.3 is 0 Å². The third-order valence-electron chi connectivity index (χ3n) is 3.19. The van der Waals surface area contributed by atoms with E-state index >= 15 is 0 Å². The zero-order valence-electron chi connectivity index (χ0n) is 12.4. The molecule has 0 saturated carbocycles. The lowest BCUT2D eigenvalue weighted by Crippen LogP contribution is -2.08. The van der Waals surface area contributed by atoms with Crippen molar-refractivity contribution in [2.75, 3.05) is 25.6 Å². The Morgan fingerprint density at radius 1 is 1.10 bits per heavy atom. The predicted molar refractivity (Wildman–Crippen MR) is 87.3 cm³/mol. The van der Waals surface area contributed by atoms with Crippen LogP contribution in [0.15, 0.2) is 42.5 Å². The molecule has 2 rings (SSSR count). The van der Waals surface area contributed by atoms with Crippen molar-refractivity contribution >= 4 is 17.3 Å². The fourth-order valence-electron chi connectivity index (χ4n) is 2.00. The molecular formula is C17H20ClNO2. The Kier molecular flexibility index (Phi) is 5.90. The first kappa shape index (κ1) is 15.7. The average molecular weight is 306 g/mol. The molecule has 0 amide bonds. The van der Waals surface area contributed by atoms with Crippen LogP contribution in [0.2, 0.25) is 5.02 Å². The lowest BCUT2D eigenvalue weighted by atomic mass is 10.1. The van der Waals surface area contributed by atoms with Gasteiger partial charge in [-0.25, -0.2) is 0 Å². The molecule has 0 radical (unpaired) electrons. The summed E-state index contributed by atoms with van der Waals surface area (Å²) in [4.78, 5) is 0. The Hall–Kier alpha value is -1.71. The summed E-state index contributed by atoms with van der Waals surface area (Å²) >= 11 is 6.04. The second-order valence-corrected chi connectivity index (χ2v) is 5.20. The van der Waals surface area contributed by atoms with Crippen LogP contribution in [0.25, 0.3) is 0 Å². The lowest BCUT2D eigenvalue weighted by Gasteiger charge is -2.14. The molecule has 0 fully saturated rings. The molecule has 2 aromatic rings. The van der Waals surface area contributed by atoms with Crippen molar-refractivity contribution in [3.05, 3.63) is 58.6 Å². The number of hydrogen-bond acceptors (Lipinski definition) is 3. The van der Waals surface area contributed by atoms with Crippen LogP contribution < -0.4 is 10.1 Å². The van der Waals surface area contributed by atoms with Crippen LogP contribution in [0.3, 0.4) is 0 Å². The van der Waals surface area contributed by atoms with Crippen LogP contribution in [0, 0.1) is 6.92 Å². The zero-order valence-corrected chi connectivity index (χ0v) is 13.1. The first-order valence-corrected chi connectivity index (χ1v) is 7.28. The highest BCUT2D eigenvalue weighted by Crippen LogP contribution is 2.23. The maximum atomic E-state index is 6.04. The highest BCUT2D eigenvalue weighted by Gasteiger charge is 2.04. The molecule has 0 atom stereocenters. The van der Waals surface area contributed by atoms with E-state index in [0.717, 1.165) is 27.6 Å². The Labute approximate surface area is 130 Å². The van der Waals surface area contributed by atoms with Gasteiger partial charge in [0.15, 0.2) is 0 Å². The number of anilines is 1. The number of hydrogen-bond donors (Lipinski definition) is 1. The minimum absolute atomic E-state index is 0.545. The first-order chi connectivity index (χ1) is 10.2. The van der Waals surface area contributed by atoms with Gasteiger partial charge in [-0.15, -0.1) is 0 Å². The number of ether oxygens (including phenoxy) is 2. The molecule has 0 aliphatic carbocycles. The Morgan fingerprint density at radius 3 is 2.71 bits per heavy atom. The van der Waals surface area contributed by atoms with Gasteiger partial charge in [0.2, 0.25) is 0 Å². The smallest absolute Gasteiger partial charge is 0.124 e. The second kappa shape index (κ2) is 7.91. The topological polar surface area (TPSA) is 30.5 Å². The van der Waals surface area contributed by atoms with E-state index in [9.17, 15) is 0 Å². The lowest BCUT2D eigenvalue weighted by molar-refractivity contribution is 0.146. The van der Waals surface area contributed by atoms with Gasteiger partial charge in [-0.2, -0.15) is 0 Å². The Balaban J connectivity index is 2.04. The molecular weight excluding hydrogens is 286 g/mol. The molecule has 112 valence electrons. The van der Waals surface area contributed by atoms with E-state index in [1.807, 2.05) is 36.4 Å². The van der Waals surface area contributed by atoms with Crippen molar-refractivity contribution in [3.63, 3.8) is 0 Å². The summed E-state index contributed by atoms with van der Waals surface area (Å²) in [5.41, 5.74) is 3.30. The Bertz CT molecular complexity index is 587. The molecule has 0 saturated heterocycles. The van der Waals surface area contributed by atoms with Crippen molar-refractivity contribution in [2.24, 2.45) is 0 Å².